The zero-order valence-electron chi connectivity index (χ0n) is 16.4. The molecule has 0 heterocycles. The summed E-state index contributed by atoms with van der Waals surface area (Å²) in [5.41, 5.74) is 9.69. The molecule has 0 amide bonds. The van der Waals surface area contributed by atoms with Gasteiger partial charge in [0.1, 0.15) is 5.75 Å². The fourth-order valence-corrected chi connectivity index (χ4v) is 2.61. The number of benzene rings is 2. The van der Waals surface area contributed by atoms with E-state index in [2.05, 4.69) is 65.6 Å². The summed E-state index contributed by atoms with van der Waals surface area (Å²) in [6, 6.07) is 16.6. The van der Waals surface area contributed by atoms with Crippen LogP contribution in [0.1, 0.15) is 23.6 Å². The molecule has 2 aromatic carbocycles. The predicted octanol–water partition coefficient (Wildman–Crippen LogP) is 3.41. The second-order valence-electron chi connectivity index (χ2n) is 6.38. The molecular weight excluding hydrogens is 451 g/mol. The van der Waals surface area contributed by atoms with Crippen LogP contribution in [0, 0.1) is 0 Å². The van der Waals surface area contributed by atoms with E-state index in [0.29, 0.717) is 12.5 Å². The van der Waals surface area contributed by atoms with Crippen molar-refractivity contribution in [1.82, 2.24) is 10.2 Å². The van der Waals surface area contributed by atoms with Gasteiger partial charge in [0.05, 0.1) is 13.7 Å². The van der Waals surface area contributed by atoms with E-state index in [1.54, 1.807) is 7.11 Å². The summed E-state index contributed by atoms with van der Waals surface area (Å²) in [4.78, 5) is 6.72. The minimum atomic E-state index is 0. The normalized spacial score (nSPS) is 11.2. The summed E-state index contributed by atoms with van der Waals surface area (Å²) in [5.74, 6) is 1.35. The number of guanidine groups is 1. The van der Waals surface area contributed by atoms with Crippen LogP contribution < -0.4 is 15.8 Å². The lowest BCUT2D eigenvalue weighted by molar-refractivity contribution is 0.345. The Bertz CT molecular complexity index is 704. The van der Waals surface area contributed by atoms with Crippen molar-refractivity contribution < 1.29 is 4.74 Å². The molecule has 0 fully saturated rings. The Hall–Kier alpha value is -1.80. The molecule has 2 rings (SSSR count). The number of hydrogen-bond donors (Lipinski definition) is 2. The Kier molecular flexibility index (Phi) is 10.8. The Morgan fingerprint density at radius 1 is 1.11 bits per heavy atom. The smallest absolute Gasteiger partial charge is 0.188 e. The Balaban J connectivity index is 0.00000364. The van der Waals surface area contributed by atoms with Gasteiger partial charge in [0.15, 0.2) is 5.96 Å². The van der Waals surface area contributed by atoms with Crippen molar-refractivity contribution in [2.45, 2.75) is 26.4 Å². The van der Waals surface area contributed by atoms with Crippen LogP contribution in [0.15, 0.2) is 53.5 Å². The molecule has 0 bridgehead atoms. The molecule has 6 heteroatoms. The molecule has 0 aliphatic rings. The van der Waals surface area contributed by atoms with Gasteiger partial charge in [-0.3, -0.25) is 0 Å². The monoisotopic (exact) mass is 482 g/mol. The van der Waals surface area contributed by atoms with E-state index in [-0.39, 0.29) is 24.0 Å². The highest BCUT2D eigenvalue weighted by atomic mass is 127. The summed E-state index contributed by atoms with van der Waals surface area (Å²) in [6.07, 6.45) is 0.888. The third-order valence-corrected chi connectivity index (χ3v) is 4.29. The van der Waals surface area contributed by atoms with E-state index in [1.807, 2.05) is 12.1 Å². The van der Waals surface area contributed by atoms with Crippen molar-refractivity contribution >= 4 is 29.9 Å². The van der Waals surface area contributed by atoms with Gasteiger partial charge in [-0.05, 0) is 48.8 Å². The minimum absolute atomic E-state index is 0. The van der Waals surface area contributed by atoms with Gasteiger partial charge in [-0.25, -0.2) is 4.99 Å². The van der Waals surface area contributed by atoms with Crippen molar-refractivity contribution in [3.63, 3.8) is 0 Å². The van der Waals surface area contributed by atoms with Crippen LogP contribution >= 0.6 is 24.0 Å². The average Bonchev–Trinajstić information content (AvgIpc) is 2.67. The number of hydrogen-bond acceptors (Lipinski definition) is 3. The van der Waals surface area contributed by atoms with Gasteiger partial charge in [0.2, 0.25) is 0 Å². The van der Waals surface area contributed by atoms with Gasteiger partial charge in [0, 0.05) is 13.1 Å². The predicted molar refractivity (Wildman–Crippen MR) is 124 cm³/mol. The number of rotatable bonds is 9. The third-order valence-electron chi connectivity index (χ3n) is 4.29. The van der Waals surface area contributed by atoms with Crippen molar-refractivity contribution in [1.29, 1.82) is 0 Å². The second-order valence-corrected chi connectivity index (χ2v) is 6.38. The number of methoxy groups -OCH3 is 1. The molecule has 0 aliphatic carbocycles. The molecule has 27 heavy (non-hydrogen) atoms. The Morgan fingerprint density at radius 2 is 1.81 bits per heavy atom. The number of nitrogens with one attached hydrogen (secondary N) is 1. The van der Waals surface area contributed by atoms with Crippen molar-refractivity contribution in [2.24, 2.45) is 10.7 Å². The van der Waals surface area contributed by atoms with Gasteiger partial charge in [-0.2, -0.15) is 0 Å². The first-order chi connectivity index (χ1) is 12.6. The molecule has 0 saturated carbocycles. The largest absolute Gasteiger partial charge is 0.497 e. The van der Waals surface area contributed by atoms with Crippen LogP contribution in [0.4, 0.5) is 0 Å². The highest BCUT2D eigenvalue weighted by Crippen LogP contribution is 2.11. The second kappa shape index (κ2) is 12.6. The maximum absolute atomic E-state index is 5.98. The fraction of sp³-hybridized carbons (Fsp3) is 0.381. The minimum Gasteiger partial charge on any atom is -0.497 e. The fourth-order valence-electron chi connectivity index (χ4n) is 2.61. The number of halogens is 1. The summed E-state index contributed by atoms with van der Waals surface area (Å²) in [6.45, 7) is 5.48. The molecule has 0 spiro atoms. The van der Waals surface area contributed by atoms with E-state index in [9.17, 15) is 0 Å². The van der Waals surface area contributed by atoms with Gasteiger partial charge in [0.25, 0.3) is 0 Å². The van der Waals surface area contributed by atoms with Crippen molar-refractivity contribution in [3.8, 4) is 5.75 Å². The Morgan fingerprint density at radius 3 is 2.48 bits per heavy atom. The van der Waals surface area contributed by atoms with Crippen molar-refractivity contribution in [2.75, 3.05) is 27.2 Å². The molecule has 0 aliphatic heterocycles. The Labute approximate surface area is 180 Å². The van der Waals surface area contributed by atoms with E-state index in [1.165, 1.54) is 16.7 Å². The first kappa shape index (κ1) is 23.2. The average molecular weight is 482 g/mol. The van der Waals surface area contributed by atoms with Crippen LogP contribution in [-0.4, -0.2) is 38.1 Å². The summed E-state index contributed by atoms with van der Waals surface area (Å²) in [5, 5.41) is 3.17. The molecule has 0 aromatic heterocycles. The molecule has 0 saturated heterocycles. The maximum atomic E-state index is 5.98. The van der Waals surface area contributed by atoms with Gasteiger partial charge >= 0.3 is 0 Å². The molecule has 0 atom stereocenters. The zero-order chi connectivity index (χ0) is 18.8. The molecule has 148 valence electrons. The molecule has 0 unspecified atom stereocenters. The van der Waals surface area contributed by atoms with Crippen LogP contribution in [0.2, 0.25) is 0 Å². The lowest BCUT2D eigenvalue weighted by Gasteiger charge is -2.14. The summed E-state index contributed by atoms with van der Waals surface area (Å²) >= 11 is 0. The number of aliphatic imine (C=N–C) groups is 1. The van der Waals surface area contributed by atoms with Crippen LogP contribution in [0.5, 0.6) is 5.75 Å². The number of nitrogens with zero attached hydrogens (tertiary/aromatic N) is 2. The molecule has 5 nitrogen and oxygen atoms in total. The van der Waals surface area contributed by atoms with E-state index < -0.39 is 0 Å². The van der Waals surface area contributed by atoms with E-state index >= 15 is 0 Å². The summed E-state index contributed by atoms with van der Waals surface area (Å²) in [7, 11) is 3.79. The summed E-state index contributed by atoms with van der Waals surface area (Å²) < 4.78 is 5.16. The molecular formula is C21H31IN4O. The standard InChI is InChI=1S/C21H30N4O.HI/c1-4-25(2)16-19-7-5-6-18(14-19)15-24-21(22)23-13-12-17-8-10-20(26-3)11-9-17;/h5-11,14H,4,12-13,15-16H2,1-3H3,(H3,22,23,24);1H. The topological polar surface area (TPSA) is 62.9 Å². The van der Waals surface area contributed by atoms with Crippen LogP contribution in [-0.2, 0) is 19.5 Å². The van der Waals surface area contributed by atoms with E-state index in [0.717, 1.165) is 31.8 Å². The van der Waals surface area contributed by atoms with E-state index in [4.69, 9.17) is 10.5 Å². The van der Waals surface area contributed by atoms with Gasteiger partial charge in [-0.15, -0.1) is 24.0 Å². The first-order valence-electron chi connectivity index (χ1n) is 9.03. The zero-order valence-corrected chi connectivity index (χ0v) is 18.8. The maximum Gasteiger partial charge on any atom is 0.188 e. The van der Waals surface area contributed by atoms with Crippen LogP contribution in [0.3, 0.4) is 0 Å². The van der Waals surface area contributed by atoms with Gasteiger partial charge < -0.3 is 20.7 Å². The molecule has 0 radical (unpaired) electrons. The lowest BCUT2D eigenvalue weighted by atomic mass is 10.1. The quantitative estimate of drug-likeness (QED) is 0.327. The first-order valence-corrected chi connectivity index (χ1v) is 9.03. The van der Waals surface area contributed by atoms with Gasteiger partial charge in [-0.1, -0.05) is 43.3 Å². The highest BCUT2D eigenvalue weighted by Gasteiger charge is 2.00. The van der Waals surface area contributed by atoms with Crippen LogP contribution in [0.25, 0.3) is 0 Å². The third kappa shape index (κ3) is 8.62. The molecule has 2 aromatic rings. The molecule has 3 N–H and O–H groups in total. The SMILES string of the molecule is CCN(C)Cc1cccc(CN=C(N)NCCc2ccc(OC)cc2)c1.I. The van der Waals surface area contributed by atoms with Crippen molar-refractivity contribution in [3.05, 3.63) is 65.2 Å². The lowest BCUT2D eigenvalue weighted by Crippen LogP contribution is -2.33. The number of nitrogens with two attached hydrogens (primary N) is 1. The number of ether oxygens (including phenoxy) is 1. The highest BCUT2D eigenvalue weighted by molar-refractivity contribution is 14.0.